The number of aryl methyl sites for hydroxylation is 2. The minimum Gasteiger partial charge on any atom is -0.494 e. The quantitative estimate of drug-likeness (QED) is 0.874. The minimum atomic E-state index is -0.359. The molecule has 21 heavy (non-hydrogen) atoms. The SMILES string of the molecule is COc1c(Cl)ccc(Cl)c1C(=O)Nc1ccc(C)c(C)c1. The van der Waals surface area contributed by atoms with Crippen LogP contribution in [0.1, 0.15) is 21.5 Å². The Morgan fingerprint density at radius 3 is 2.33 bits per heavy atom. The van der Waals surface area contributed by atoms with E-state index < -0.39 is 0 Å². The van der Waals surface area contributed by atoms with Crippen LogP contribution in [0.5, 0.6) is 5.75 Å². The third-order valence-corrected chi connectivity index (χ3v) is 3.87. The van der Waals surface area contributed by atoms with Crippen LogP contribution in [0.3, 0.4) is 0 Å². The molecule has 0 aromatic heterocycles. The van der Waals surface area contributed by atoms with Crippen LogP contribution in [-0.4, -0.2) is 13.0 Å². The van der Waals surface area contributed by atoms with Gasteiger partial charge in [0.2, 0.25) is 0 Å². The first kappa shape index (κ1) is 15.7. The van der Waals surface area contributed by atoms with Crippen molar-refractivity contribution >= 4 is 34.8 Å². The summed E-state index contributed by atoms with van der Waals surface area (Å²) in [6, 6.07) is 8.85. The maximum Gasteiger partial charge on any atom is 0.261 e. The van der Waals surface area contributed by atoms with Gasteiger partial charge in [0.1, 0.15) is 5.56 Å². The molecule has 1 N–H and O–H groups in total. The van der Waals surface area contributed by atoms with Gasteiger partial charge in [0, 0.05) is 5.69 Å². The molecule has 0 saturated heterocycles. The maximum absolute atomic E-state index is 12.4. The number of halogens is 2. The second kappa shape index (κ2) is 6.37. The number of carbonyl (C=O) groups is 1. The fraction of sp³-hybridized carbons (Fsp3) is 0.188. The zero-order chi connectivity index (χ0) is 15.6. The van der Waals surface area contributed by atoms with E-state index in [1.54, 1.807) is 12.1 Å². The molecule has 5 heteroatoms. The molecule has 0 saturated carbocycles. The van der Waals surface area contributed by atoms with Gasteiger partial charge in [-0.2, -0.15) is 0 Å². The van der Waals surface area contributed by atoms with Crippen molar-refractivity contribution in [1.29, 1.82) is 0 Å². The largest absolute Gasteiger partial charge is 0.494 e. The van der Waals surface area contributed by atoms with Crippen molar-refractivity contribution in [1.82, 2.24) is 0 Å². The van der Waals surface area contributed by atoms with Gasteiger partial charge in [-0.05, 0) is 49.2 Å². The molecular formula is C16H15Cl2NO2. The highest BCUT2D eigenvalue weighted by atomic mass is 35.5. The molecule has 2 aromatic carbocycles. The van der Waals surface area contributed by atoms with Gasteiger partial charge in [0.05, 0.1) is 17.2 Å². The Kier molecular flexibility index (Phi) is 4.76. The maximum atomic E-state index is 12.4. The summed E-state index contributed by atoms with van der Waals surface area (Å²) in [5.41, 5.74) is 3.18. The highest BCUT2D eigenvalue weighted by Gasteiger charge is 2.19. The predicted octanol–water partition coefficient (Wildman–Crippen LogP) is 4.87. The van der Waals surface area contributed by atoms with E-state index in [9.17, 15) is 4.79 Å². The van der Waals surface area contributed by atoms with Crippen molar-refractivity contribution in [3.05, 3.63) is 57.1 Å². The van der Waals surface area contributed by atoms with Gasteiger partial charge >= 0.3 is 0 Å². The zero-order valence-corrected chi connectivity index (χ0v) is 13.5. The number of methoxy groups -OCH3 is 1. The van der Waals surface area contributed by atoms with Crippen molar-refractivity contribution in [3.63, 3.8) is 0 Å². The molecule has 110 valence electrons. The summed E-state index contributed by atoms with van der Waals surface area (Å²) in [6.07, 6.45) is 0. The molecular weight excluding hydrogens is 309 g/mol. The summed E-state index contributed by atoms with van der Waals surface area (Å²) in [5.74, 6) is -0.0897. The van der Waals surface area contributed by atoms with Crippen molar-refractivity contribution in [3.8, 4) is 5.75 Å². The van der Waals surface area contributed by atoms with Crippen LogP contribution in [0.15, 0.2) is 30.3 Å². The summed E-state index contributed by atoms with van der Waals surface area (Å²) in [4.78, 5) is 12.4. The van der Waals surface area contributed by atoms with Crippen LogP contribution < -0.4 is 10.1 Å². The van der Waals surface area contributed by atoms with Gasteiger partial charge in [-0.25, -0.2) is 0 Å². The predicted molar refractivity (Wildman–Crippen MR) is 86.9 cm³/mol. The monoisotopic (exact) mass is 323 g/mol. The summed E-state index contributed by atoms with van der Waals surface area (Å²) in [6.45, 7) is 4.00. The van der Waals surface area contributed by atoms with E-state index in [1.165, 1.54) is 7.11 Å². The molecule has 1 amide bonds. The lowest BCUT2D eigenvalue weighted by Crippen LogP contribution is -2.14. The summed E-state index contributed by atoms with van der Waals surface area (Å²) < 4.78 is 5.18. The van der Waals surface area contributed by atoms with Crippen LogP contribution in [0, 0.1) is 13.8 Å². The lowest BCUT2D eigenvalue weighted by atomic mass is 10.1. The van der Waals surface area contributed by atoms with E-state index in [0.29, 0.717) is 10.7 Å². The second-order valence-electron chi connectivity index (χ2n) is 4.69. The van der Waals surface area contributed by atoms with Gasteiger partial charge in [0.15, 0.2) is 5.75 Å². The lowest BCUT2D eigenvalue weighted by molar-refractivity contribution is 0.102. The van der Waals surface area contributed by atoms with Crippen molar-refractivity contribution < 1.29 is 9.53 Å². The summed E-state index contributed by atoms with van der Waals surface area (Å²) >= 11 is 12.1. The van der Waals surface area contributed by atoms with Gasteiger partial charge < -0.3 is 10.1 Å². The van der Waals surface area contributed by atoms with Crippen LogP contribution >= 0.6 is 23.2 Å². The molecule has 0 heterocycles. The Morgan fingerprint density at radius 1 is 1.05 bits per heavy atom. The Bertz CT molecular complexity index is 699. The minimum absolute atomic E-state index is 0.227. The van der Waals surface area contributed by atoms with Gasteiger partial charge in [0.25, 0.3) is 5.91 Å². The molecule has 0 bridgehead atoms. The number of ether oxygens (including phenoxy) is 1. The highest BCUT2D eigenvalue weighted by Crippen LogP contribution is 2.34. The molecule has 0 atom stereocenters. The van der Waals surface area contributed by atoms with Gasteiger partial charge in [-0.3, -0.25) is 4.79 Å². The standard InChI is InChI=1S/C16H15Cl2NO2/c1-9-4-5-11(8-10(9)2)19-16(20)14-12(17)6-7-13(18)15(14)21-3/h4-8H,1-3H3,(H,19,20). The van der Waals surface area contributed by atoms with E-state index in [4.69, 9.17) is 27.9 Å². The average Bonchev–Trinajstić information content (AvgIpc) is 2.44. The van der Waals surface area contributed by atoms with Crippen LogP contribution in [0.25, 0.3) is 0 Å². The Hall–Kier alpha value is -1.71. The van der Waals surface area contributed by atoms with Crippen molar-refractivity contribution in [2.75, 3.05) is 12.4 Å². The van der Waals surface area contributed by atoms with Crippen LogP contribution in [-0.2, 0) is 0 Å². The number of rotatable bonds is 3. The first-order valence-corrected chi connectivity index (χ1v) is 7.10. The molecule has 2 rings (SSSR count). The first-order chi connectivity index (χ1) is 9.93. The van der Waals surface area contributed by atoms with Crippen molar-refractivity contribution in [2.45, 2.75) is 13.8 Å². The number of hydrogen-bond acceptors (Lipinski definition) is 2. The number of anilines is 1. The molecule has 0 unspecified atom stereocenters. The second-order valence-corrected chi connectivity index (χ2v) is 5.51. The molecule has 2 aromatic rings. The number of carbonyl (C=O) groups excluding carboxylic acids is 1. The Balaban J connectivity index is 2.36. The van der Waals surface area contributed by atoms with Crippen molar-refractivity contribution in [2.24, 2.45) is 0 Å². The molecule has 0 fully saturated rings. The average molecular weight is 324 g/mol. The summed E-state index contributed by atoms with van der Waals surface area (Å²) in [7, 11) is 1.45. The molecule has 0 spiro atoms. The molecule has 0 radical (unpaired) electrons. The third-order valence-electron chi connectivity index (χ3n) is 3.25. The number of hydrogen-bond donors (Lipinski definition) is 1. The zero-order valence-electron chi connectivity index (χ0n) is 12.0. The normalized spacial score (nSPS) is 10.3. The number of benzene rings is 2. The Labute approximate surface area is 133 Å². The van der Waals surface area contributed by atoms with E-state index >= 15 is 0 Å². The topological polar surface area (TPSA) is 38.3 Å². The Morgan fingerprint density at radius 2 is 1.71 bits per heavy atom. The van der Waals surface area contributed by atoms with Crippen LogP contribution in [0.4, 0.5) is 5.69 Å². The van der Waals surface area contributed by atoms with E-state index in [1.807, 2.05) is 32.0 Å². The van der Waals surface area contributed by atoms with Gasteiger partial charge in [-0.1, -0.05) is 29.3 Å². The van der Waals surface area contributed by atoms with Crippen LogP contribution in [0.2, 0.25) is 10.0 Å². The number of amides is 1. The molecule has 0 aliphatic rings. The van der Waals surface area contributed by atoms with E-state index in [-0.39, 0.29) is 22.2 Å². The molecule has 3 nitrogen and oxygen atoms in total. The fourth-order valence-corrected chi connectivity index (χ4v) is 2.43. The first-order valence-electron chi connectivity index (χ1n) is 6.34. The number of nitrogens with one attached hydrogen (secondary N) is 1. The molecule has 0 aliphatic heterocycles. The molecule has 0 aliphatic carbocycles. The fourth-order valence-electron chi connectivity index (χ4n) is 1.96. The third kappa shape index (κ3) is 3.31. The van der Waals surface area contributed by atoms with Gasteiger partial charge in [-0.15, -0.1) is 0 Å². The van der Waals surface area contributed by atoms with E-state index in [0.717, 1.165) is 11.1 Å². The lowest BCUT2D eigenvalue weighted by Gasteiger charge is -2.13. The van der Waals surface area contributed by atoms with E-state index in [2.05, 4.69) is 5.32 Å². The smallest absolute Gasteiger partial charge is 0.261 e. The summed E-state index contributed by atoms with van der Waals surface area (Å²) in [5, 5.41) is 3.44. The highest BCUT2D eigenvalue weighted by molar-refractivity contribution is 6.37.